The van der Waals surface area contributed by atoms with Gasteiger partial charge in [-0.15, -0.1) is 0 Å². The molecule has 0 saturated carbocycles. The van der Waals surface area contributed by atoms with Crippen molar-refractivity contribution in [3.05, 3.63) is 59.3 Å². The van der Waals surface area contributed by atoms with Gasteiger partial charge in [-0.2, -0.15) is 5.10 Å². The summed E-state index contributed by atoms with van der Waals surface area (Å²) in [5.74, 6) is 0. The molecule has 23 heavy (non-hydrogen) atoms. The van der Waals surface area contributed by atoms with Gasteiger partial charge in [0.25, 0.3) is 0 Å². The maximum Gasteiger partial charge on any atom is 0.319 e. The van der Waals surface area contributed by atoms with Crippen LogP contribution in [0.4, 0.5) is 10.5 Å². The number of H-pyrrole nitrogens is 1. The quantitative estimate of drug-likeness (QED) is 0.690. The van der Waals surface area contributed by atoms with Crippen LogP contribution in [0.5, 0.6) is 0 Å². The SMILES string of the molecule is Cc1ccc(CCNC(=O)Nc2cccc3[nH]ncc23)c(C)c1. The van der Waals surface area contributed by atoms with Crippen LogP contribution < -0.4 is 10.6 Å². The highest BCUT2D eigenvalue weighted by Gasteiger charge is 2.06. The van der Waals surface area contributed by atoms with Crippen molar-refractivity contribution in [2.75, 3.05) is 11.9 Å². The van der Waals surface area contributed by atoms with Crippen molar-refractivity contribution in [1.82, 2.24) is 15.5 Å². The summed E-state index contributed by atoms with van der Waals surface area (Å²) < 4.78 is 0. The van der Waals surface area contributed by atoms with Crippen LogP contribution in [0.3, 0.4) is 0 Å². The van der Waals surface area contributed by atoms with E-state index in [1.165, 1.54) is 16.7 Å². The first kappa shape index (κ1) is 15.1. The topological polar surface area (TPSA) is 69.8 Å². The van der Waals surface area contributed by atoms with E-state index < -0.39 is 0 Å². The Morgan fingerprint density at radius 3 is 2.91 bits per heavy atom. The zero-order chi connectivity index (χ0) is 16.2. The van der Waals surface area contributed by atoms with Gasteiger partial charge in [-0.1, -0.05) is 29.8 Å². The predicted octanol–water partition coefficient (Wildman–Crippen LogP) is 3.54. The van der Waals surface area contributed by atoms with Gasteiger partial charge < -0.3 is 10.6 Å². The van der Waals surface area contributed by atoms with Gasteiger partial charge in [-0.25, -0.2) is 4.79 Å². The molecule has 2 aromatic carbocycles. The number of hydrogen-bond acceptors (Lipinski definition) is 2. The number of anilines is 1. The number of nitrogens with one attached hydrogen (secondary N) is 3. The Kier molecular flexibility index (Phi) is 4.28. The molecule has 1 aromatic heterocycles. The van der Waals surface area contributed by atoms with Gasteiger partial charge in [0.2, 0.25) is 0 Å². The number of benzene rings is 2. The number of carbonyl (C=O) groups excluding carboxylic acids is 1. The monoisotopic (exact) mass is 308 g/mol. The van der Waals surface area contributed by atoms with Crippen molar-refractivity contribution >= 4 is 22.6 Å². The highest BCUT2D eigenvalue weighted by atomic mass is 16.2. The van der Waals surface area contributed by atoms with Crippen LogP contribution in [0, 0.1) is 13.8 Å². The fourth-order valence-electron chi connectivity index (χ4n) is 2.68. The smallest absolute Gasteiger partial charge is 0.319 e. The van der Waals surface area contributed by atoms with Crippen molar-refractivity contribution in [2.24, 2.45) is 0 Å². The van der Waals surface area contributed by atoms with Gasteiger partial charge in [0.15, 0.2) is 0 Å². The van der Waals surface area contributed by atoms with Crippen molar-refractivity contribution in [3.63, 3.8) is 0 Å². The van der Waals surface area contributed by atoms with E-state index in [9.17, 15) is 4.79 Å². The number of nitrogens with zero attached hydrogens (tertiary/aromatic N) is 1. The van der Waals surface area contributed by atoms with E-state index in [0.29, 0.717) is 6.54 Å². The lowest BCUT2D eigenvalue weighted by molar-refractivity contribution is 0.252. The number of amides is 2. The molecule has 0 aliphatic rings. The van der Waals surface area contributed by atoms with Crippen LogP contribution in [-0.4, -0.2) is 22.8 Å². The highest BCUT2D eigenvalue weighted by molar-refractivity contribution is 6.00. The van der Waals surface area contributed by atoms with E-state index >= 15 is 0 Å². The Balaban J connectivity index is 1.56. The highest BCUT2D eigenvalue weighted by Crippen LogP contribution is 2.20. The summed E-state index contributed by atoms with van der Waals surface area (Å²) in [5.41, 5.74) is 5.42. The second-order valence-corrected chi connectivity index (χ2v) is 5.70. The Morgan fingerprint density at radius 2 is 2.09 bits per heavy atom. The number of urea groups is 1. The van der Waals surface area contributed by atoms with Crippen molar-refractivity contribution in [2.45, 2.75) is 20.3 Å². The van der Waals surface area contributed by atoms with Crippen molar-refractivity contribution in [1.29, 1.82) is 0 Å². The van der Waals surface area contributed by atoms with Gasteiger partial charge in [0.1, 0.15) is 0 Å². The number of rotatable bonds is 4. The number of carbonyl (C=O) groups is 1. The molecule has 0 saturated heterocycles. The van der Waals surface area contributed by atoms with Crippen LogP contribution in [0.1, 0.15) is 16.7 Å². The molecule has 5 heteroatoms. The van der Waals surface area contributed by atoms with Gasteiger partial charge in [0, 0.05) is 11.9 Å². The second kappa shape index (κ2) is 6.52. The first-order chi connectivity index (χ1) is 11.1. The first-order valence-corrected chi connectivity index (χ1v) is 7.66. The van der Waals surface area contributed by atoms with Crippen LogP contribution in [0.15, 0.2) is 42.6 Å². The van der Waals surface area contributed by atoms with E-state index in [-0.39, 0.29) is 6.03 Å². The standard InChI is InChI=1S/C18H20N4O/c1-12-6-7-14(13(2)10-12)8-9-19-18(23)21-16-4-3-5-17-15(16)11-20-22-17/h3-7,10-11H,8-9H2,1-2H3,(H,20,22)(H2,19,21,23). The molecule has 3 aromatic rings. The Bertz CT molecular complexity index is 838. The van der Waals surface area contributed by atoms with Gasteiger partial charge in [0.05, 0.1) is 17.4 Å². The number of aromatic amines is 1. The molecule has 0 bridgehead atoms. The predicted molar refractivity (Wildman–Crippen MR) is 92.7 cm³/mol. The van der Waals surface area contributed by atoms with Crippen molar-refractivity contribution in [3.8, 4) is 0 Å². The molecular formula is C18H20N4O. The Morgan fingerprint density at radius 1 is 1.22 bits per heavy atom. The van der Waals surface area contributed by atoms with Gasteiger partial charge in [-0.3, -0.25) is 5.10 Å². The minimum absolute atomic E-state index is 0.205. The van der Waals surface area contributed by atoms with E-state index in [2.05, 4.69) is 52.9 Å². The molecule has 0 aliphatic heterocycles. The molecule has 0 unspecified atom stereocenters. The largest absolute Gasteiger partial charge is 0.338 e. The average molecular weight is 308 g/mol. The molecular weight excluding hydrogens is 288 g/mol. The Labute approximate surface area is 135 Å². The summed E-state index contributed by atoms with van der Waals surface area (Å²) in [6.07, 6.45) is 2.52. The molecule has 118 valence electrons. The third-order valence-corrected chi connectivity index (χ3v) is 3.91. The second-order valence-electron chi connectivity index (χ2n) is 5.70. The lowest BCUT2D eigenvalue weighted by Gasteiger charge is -2.10. The molecule has 0 aliphatic carbocycles. The Hall–Kier alpha value is -2.82. The van der Waals surface area contributed by atoms with Gasteiger partial charge >= 0.3 is 6.03 Å². The number of aryl methyl sites for hydroxylation is 2. The van der Waals surface area contributed by atoms with E-state index in [0.717, 1.165) is 23.0 Å². The van der Waals surface area contributed by atoms with Crippen LogP contribution in [0.2, 0.25) is 0 Å². The summed E-state index contributed by atoms with van der Waals surface area (Å²) in [6, 6.07) is 11.8. The van der Waals surface area contributed by atoms with Crippen LogP contribution in [0.25, 0.3) is 10.9 Å². The summed E-state index contributed by atoms with van der Waals surface area (Å²) in [7, 11) is 0. The molecule has 5 nitrogen and oxygen atoms in total. The summed E-state index contributed by atoms with van der Waals surface area (Å²) in [5, 5.41) is 13.5. The summed E-state index contributed by atoms with van der Waals surface area (Å²) >= 11 is 0. The minimum atomic E-state index is -0.205. The van der Waals surface area contributed by atoms with E-state index in [4.69, 9.17) is 0 Å². The lowest BCUT2D eigenvalue weighted by atomic mass is 10.0. The van der Waals surface area contributed by atoms with Gasteiger partial charge in [-0.05, 0) is 43.5 Å². The minimum Gasteiger partial charge on any atom is -0.338 e. The maximum atomic E-state index is 12.1. The zero-order valence-corrected chi connectivity index (χ0v) is 13.3. The fraction of sp³-hybridized carbons (Fsp3) is 0.222. The number of fused-ring (bicyclic) bond motifs is 1. The molecule has 0 fully saturated rings. The maximum absolute atomic E-state index is 12.1. The number of aromatic nitrogens is 2. The molecule has 0 atom stereocenters. The fourth-order valence-corrected chi connectivity index (χ4v) is 2.68. The molecule has 0 radical (unpaired) electrons. The summed E-state index contributed by atoms with van der Waals surface area (Å²) in [6.45, 7) is 4.78. The number of hydrogen-bond donors (Lipinski definition) is 3. The lowest BCUT2D eigenvalue weighted by Crippen LogP contribution is -2.30. The average Bonchev–Trinajstić information content (AvgIpc) is 2.99. The first-order valence-electron chi connectivity index (χ1n) is 7.66. The summed E-state index contributed by atoms with van der Waals surface area (Å²) in [4.78, 5) is 12.1. The van der Waals surface area contributed by atoms with Crippen LogP contribution >= 0.6 is 0 Å². The third kappa shape index (κ3) is 3.51. The molecule has 2 amide bonds. The van der Waals surface area contributed by atoms with E-state index in [1.54, 1.807) is 6.20 Å². The normalized spacial score (nSPS) is 10.7. The van der Waals surface area contributed by atoms with Crippen molar-refractivity contribution < 1.29 is 4.79 Å². The zero-order valence-electron chi connectivity index (χ0n) is 13.3. The molecule has 3 N–H and O–H groups in total. The van der Waals surface area contributed by atoms with Crippen LogP contribution in [-0.2, 0) is 6.42 Å². The van der Waals surface area contributed by atoms with E-state index in [1.807, 2.05) is 18.2 Å². The molecule has 1 heterocycles. The molecule has 0 spiro atoms. The molecule has 3 rings (SSSR count). The third-order valence-electron chi connectivity index (χ3n) is 3.91.